The second-order valence-corrected chi connectivity index (χ2v) is 9.80. The van der Waals surface area contributed by atoms with E-state index in [-0.39, 0.29) is 18.9 Å². The van der Waals surface area contributed by atoms with Crippen LogP contribution in [0.25, 0.3) is 10.4 Å². The summed E-state index contributed by atoms with van der Waals surface area (Å²) in [5.74, 6) is -0.360. The summed E-state index contributed by atoms with van der Waals surface area (Å²) in [7, 11) is 0. The van der Waals surface area contributed by atoms with Crippen LogP contribution in [0.4, 0.5) is 0 Å². The molecule has 1 N–H and O–H groups in total. The molecule has 4 rings (SSSR count). The van der Waals surface area contributed by atoms with Gasteiger partial charge in [0.2, 0.25) is 0 Å². The largest absolute Gasteiger partial charge is 0.493 e. The van der Waals surface area contributed by atoms with Gasteiger partial charge in [-0.1, -0.05) is 42.5 Å². The molecule has 1 amide bonds. The Labute approximate surface area is 229 Å². The van der Waals surface area contributed by atoms with Crippen LogP contribution in [0.3, 0.4) is 0 Å². The molecule has 1 atom stereocenters. The van der Waals surface area contributed by atoms with E-state index >= 15 is 0 Å². The fraction of sp³-hybridized carbons (Fsp3) is 0.258. The number of carboxylic acid groups (broad SMARTS) is 1. The van der Waals surface area contributed by atoms with Crippen molar-refractivity contribution >= 4 is 23.2 Å². The Kier molecular flexibility index (Phi) is 9.52. The van der Waals surface area contributed by atoms with E-state index in [9.17, 15) is 9.59 Å². The van der Waals surface area contributed by atoms with Gasteiger partial charge in [-0.25, -0.2) is 0 Å². The number of aliphatic carboxylic acids is 1. The van der Waals surface area contributed by atoms with Gasteiger partial charge >= 0.3 is 5.97 Å². The van der Waals surface area contributed by atoms with Crippen molar-refractivity contribution in [3.63, 3.8) is 0 Å². The van der Waals surface area contributed by atoms with E-state index in [0.29, 0.717) is 30.8 Å². The number of unbranched alkanes of at least 4 members (excludes halogenated alkanes) is 2. The number of aryl methyl sites for hydroxylation is 1. The molecule has 2 heterocycles. The Morgan fingerprint density at radius 2 is 1.76 bits per heavy atom. The summed E-state index contributed by atoms with van der Waals surface area (Å²) in [6.45, 7) is -0.192. The van der Waals surface area contributed by atoms with Crippen LogP contribution in [-0.4, -0.2) is 40.0 Å². The number of carbonyl (C=O) groups is 2. The average Bonchev–Trinajstić information content (AvgIpc) is 3.49. The van der Waals surface area contributed by atoms with Crippen molar-refractivity contribution in [2.45, 2.75) is 38.6 Å². The van der Waals surface area contributed by atoms with Crippen molar-refractivity contribution in [2.75, 3.05) is 13.1 Å². The van der Waals surface area contributed by atoms with Gasteiger partial charge in [0, 0.05) is 55.2 Å². The predicted octanol–water partition coefficient (Wildman–Crippen LogP) is 6.72. The van der Waals surface area contributed by atoms with E-state index in [2.05, 4.69) is 4.98 Å². The highest BCUT2D eigenvalue weighted by atomic mass is 32.1. The van der Waals surface area contributed by atoms with Gasteiger partial charge in [0.25, 0.3) is 5.91 Å². The number of ether oxygens (including phenoxy) is 1. The SMILES string of the molecule is [2H]C(Cc1ccccn1)N(Cc1ccccc1OCCCCCC(=O)O)C(=O)c1ccc(-c2cccs2)cc1. The molecule has 0 saturated heterocycles. The van der Waals surface area contributed by atoms with E-state index in [0.717, 1.165) is 34.5 Å². The van der Waals surface area contributed by atoms with Gasteiger partial charge in [0.15, 0.2) is 0 Å². The molecule has 0 spiro atoms. The third-order valence-electron chi connectivity index (χ3n) is 6.05. The molecule has 196 valence electrons. The summed E-state index contributed by atoms with van der Waals surface area (Å²) in [6, 6.07) is 24.7. The Morgan fingerprint density at radius 1 is 0.947 bits per heavy atom. The van der Waals surface area contributed by atoms with E-state index < -0.39 is 12.5 Å². The summed E-state index contributed by atoms with van der Waals surface area (Å²) in [5.41, 5.74) is 3.12. The number of benzene rings is 2. The minimum atomic E-state index is -0.853. The Morgan fingerprint density at radius 3 is 2.50 bits per heavy atom. The molecule has 0 saturated carbocycles. The van der Waals surface area contributed by atoms with Crippen LogP contribution in [-0.2, 0) is 17.8 Å². The standard InChI is InChI=1S/C31H32N2O4S/c34-30(35)13-2-1-7-21-37-28-11-4-3-9-26(28)23-33(20-18-27-10-5-6-19-32-27)31(36)25-16-14-24(15-17-25)29-12-8-22-38-29/h3-6,8-12,14-17,19,22H,1-2,7,13,18,20-21,23H2,(H,34,35)/i20D. The van der Waals surface area contributed by atoms with Gasteiger partial charge in [0.1, 0.15) is 5.75 Å². The number of hydrogen-bond acceptors (Lipinski definition) is 5. The molecule has 4 aromatic rings. The number of carbonyl (C=O) groups excluding carboxylic acids is 1. The lowest BCUT2D eigenvalue weighted by Crippen LogP contribution is -2.32. The summed E-state index contributed by atoms with van der Waals surface area (Å²) in [6.07, 6.45) is 4.26. The van der Waals surface area contributed by atoms with Gasteiger partial charge in [-0.2, -0.15) is 0 Å². The summed E-state index contributed by atoms with van der Waals surface area (Å²) >= 11 is 1.65. The van der Waals surface area contributed by atoms with E-state index in [1.165, 1.54) is 0 Å². The topological polar surface area (TPSA) is 79.7 Å². The summed E-state index contributed by atoms with van der Waals surface area (Å²) < 4.78 is 15.0. The van der Waals surface area contributed by atoms with Crippen LogP contribution >= 0.6 is 11.3 Å². The fourth-order valence-electron chi connectivity index (χ4n) is 4.02. The number of thiophene rings is 1. The summed E-state index contributed by atoms with van der Waals surface area (Å²) in [5, 5.41) is 10.8. The number of aromatic nitrogens is 1. The molecule has 0 aliphatic carbocycles. The molecule has 7 heteroatoms. The lowest BCUT2D eigenvalue weighted by Gasteiger charge is -2.24. The number of nitrogens with zero attached hydrogens (tertiary/aromatic N) is 2. The maximum Gasteiger partial charge on any atom is 0.303 e. The minimum absolute atomic E-state index is 0.156. The zero-order valence-corrected chi connectivity index (χ0v) is 22.0. The van der Waals surface area contributed by atoms with Crippen molar-refractivity contribution in [1.29, 1.82) is 0 Å². The first-order valence-electron chi connectivity index (χ1n) is 13.3. The second kappa shape index (κ2) is 14.1. The molecule has 0 aliphatic heterocycles. The van der Waals surface area contributed by atoms with Crippen LogP contribution < -0.4 is 4.74 Å². The third kappa shape index (κ3) is 8.02. The first kappa shape index (κ1) is 25.7. The van der Waals surface area contributed by atoms with E-state index in [1.54, 1.807) is 22.4 Å². The van der Waals surface area contributed by atoms with Crippen LogP contribution in [0, 0.1) is 0 Å². The van der Waals surface area contributed by atoms with Gasteiger partial charge in [-0.15, -0.1) is 11.3 Å². The fourth-order valence-corrected chi connectivity index (χ4v) is 4.76. The molecule has 2 aromatic heterocycles. The molecule has 0 bridgehead atoms. The Hall–Kier alpha value is -3.97. The monoisotopic (exact) mass is 529 g/mol. The van der Waals surface area contributed by atoms with Gasteiger partial charge in [-0.3, -0.25) is 14.6 Å². The van der Waals surface area contributed by atoms with Crippen LogP contribution in [0.2, 0.25) is 0 Å². The molecule has 38 heavy (non-hydrogen) atoms. The van der Waals surface area contributed by atoms with Crippen molar-refractivity contribution in [2.24, 2.45) is 0 Å². The highest BCUT2D eigenvalue weighted by molar-refractivity contribution is 7.13. The maximum atomic E-state index is 13.8. The lowest BCUT2D eigenvalue weighted by molar-refractivity contribution is -0.137. The second-order valence-electron chi connectivity index (χ2n) is 8.86. The molecule has 6 nitrogen and oxygen atoms in total. The van der Waals surface area contributed by atoms with Crippen molar-refractivity contribution in [3.8, 4) is 16.2 Å². The number of amides is 1. The predicted molar refractivity (Wildman–Crippen MR) is 150 cm³/mol. The van der Waals surface area contributed by atoms with Crippen molar-refractivity contribution in [3.05, 3.63) is 107 Å². The Balaban J connectivity index is 1.51. The number of carboxylic acids is 1. The van der Waals surface area contributed by atoms with Gasteiger partial charge < -0.3 is 14.7 Å². The molecule has 0 fully saturated rings. The van der Waals surface area contributed by atoms with Crippen LogP contribution in [0.1, 0.15) is 48.7 Å². The normalized spacial score (nSPS) is 11.9. The number of pyridine rings is 1. The molecule has 0 aliphatic rings. The summed E-state index contributed by atoms with van der Waals surface area (Å²) in [4.78, 5) is 31.5. The molecule has 2 aromatic carbocycles. The number of rotatable bonds is 14. The average molecular weight is 530 g/mol. The van der Waals surface area contributed by atoms with Crippen LogP contribution in [0.5, 0.6) is 5.75 Å². The maximum absolute atomic E-state index is 13.8. The van der Waals surface area contributed by atoms with Crippen molar-refractivity contribution in [1.82, 2.24) is 9.88 Å². The molecule has 1 unspecified atom stereocenters. The lowest BCUT2D eigenvalue weighted by atomic mass is 10.1. The number of hydrogen-bond donors (Lipinski definition) is 1. The first-order valence-corrected chi connectivity index (χ1v) is 13.6. The molecular formula is C31H32N2O4S. The number of para-hydroxylation sites is 1. The van der Waals surface area contributed by atoms with E-state index in [4.69, 9.17) is 11.2 Å². The highest BCUT2D eigenvalue weighted by Crippen LogP contribution is 2.26. The van der Waals surface area contributed by atoms with Crippen molar-refractivity contribution < 1.29 is 20.8 Å². The van der Waals surface area contributed by atoms with E-state index in [1.807, 2.05) is 84.2 Å². The Bertz CT molecular complexity index is 1330. The van der Waals surface area contributed by atoms with Gasteiger partial charge in [-0.05, 0) is 66.6 Å². The first-order chi connectivity index (χ1) is 19.0. The third-order valence-corrected chi connectivity index (χ3v) is 6.97. The smallest absolute Gasteiger partial charge is 0.303 e. The quantitative estimate of drug-likeness (QED) is 0.184. The zero-order chi connectivity index (χ0) is 27.5. The van der Waals surface area contributed by atoms with Gasteiger partial charge in [0.05, 0.1) is 6.61 Å². The molecular weight excluding hydrogens is 496 g/mol. The van der Waals surface area contributed by atoms with Crippen LogP contribution in [0.15, 0.2) is 90.4 Å². The molecule has 0 radical (unpaired) electrons. The zero-order valence-electron chi connectivity index (χ0n) is 22.2. The highest BCUT2D eigenvalue weighted by Gasteiger charge is 2.19. The minimum Gasteiger partial charge on any atom is -0.493 e.